The maximum atomic E-state index is 3.26. The standard InChI is InChI=1S/C16H26N2/c1-13-7-6-9-15(11-13)18(3)16-10-5-4-8-14(16)12-17-2/h4-5,8,10,13,15,17H,6-7,9,11-12H2,1-3H3. The number of nitrogens with zero attached hydrogens (tertiary/aromatic N) is 1. The number of benzene rings is 1. The highest BCUT2D eigenvalue weighted by atomic mass is 15.1. The van der Waals surface area contributed by atoms with Gasteiger partial charge in [-0.2, -0.15) is 0 Å². The molecule has 1 saturated carbocycles. The first kappa shape index (κ1) is 13.4. The van der Waals surface area contributed by atoms with Crippen LogP contribution in [0, 0.1) is 5.92 Å². The Kier molecular flexibility index (Phi) is 4.65. The number of anilines is 1. The van der Waals surface area contributed by atoms with Gasteiger partial charge in [0.1, 0.15) is 0 Å². The minimum atomic E-state index is 0.715. The molecule has 2 unspecified atom stereocenters. The zero-order valence-corrected chi connectivity index (χ0v) is 11.9. The van der Waals surface area contributed by atoms with E-state index in [0.29, 0.717) is 6.04 Å². The van der Waals surface area contributed by atoms with Crippen molar-refractivity contribution in [3.63, 3.8) is 0 Å². The van der Waals surface area contributed by atoms with Crippen LogP contribution < -0.4 is 10.2 Å². The lowest BCUT2D eigenvalue weighted by Gasteiger charge is -2.36. The summed E-state index contributed by atoms with van der Waals surface area (Å²) < 4.78 is 0. The molecule has 2 atom stereocenters. The van der Waals surface area contributed by atoms with E-state index in [4.69, 9.17) is 0 Å². The van der Waals surface area contributed by atoms with Crippen molar-refractivity contribution < 1.29 is 0 Å². The Balaban J connectivity index is 2.14. The van der Waals surface area contributed by atoms with Crippen molar-refractivity contribution in [1.29, 1.82) is 0 Å². The fraction of sp³-hybridized carbons (Fsp3) is 0.625. The first-order chi connectivity index (χ1) is 8.72. The first-order valence-electron chi connectivity index (χ1n) is 7.17. The van der Waals surface area contributed by atoms with E-state index in [1.807, 2.05) is 7.05 Å². The highest BCUT2D eigenvalue weighted by molar-refractivity contribution is 5.53. The number of para-hydroxylation sites is 1. The first-order valence-corrected chi connectivity index (χ1v) is 7.17. The quantitative estimate of drug-likeness (QED) is 0.875. The molecule has 0 amide bonds. The van der Waals surface area contributed by atoms with Crippen molar-refractivity contribution in [1.82, 2.24) is 5.32 Å². The molecule has 100 valence electrons. The summed E-state index contributed by atoms with van der Waals surface area (Å²) in [5.74, 6) is 0.877. The van der Waals surface area contributed by atoms with Crippen molar-refractivity contribution in [2.75, 3.05) is 19.0 Å². The maximum Gasteiger partial charge on any atom is 0.0411 e. The average Bonchev–Trinajstić information content (AvgIpc) is 2.39. The van der Waals surface area contributed by atoms with Crippen molar-refractivity contribution in [3.8, 4) is 0 Å². The van der Waals surface area contributed by atoms with Crippen LogP contribution in [0.2, 0.25) is 0 Å². The highest BCUT2D eigenvalue weighted by Crippen LogP contribution is 2.31. The fourth-order valence-corrected chi connectivity index (χ4v) is 3.15. The maximum absolute atomic E-state index is 3.26. The minimum absolute atomic E-state index is 0.715. The lowest BCUT2D eigenvalue weighted by atomic mass is 9.86. The van der Waals surface area contributed by atoms with E-state index in [1.165, 1.54) is 36.9 Å². The van der Waals surface area contributed by atoms with Crippen molar-refractivity contribution in [3.05, 3.63) is 29.8 Å². The van der Waals surface area contributed by atoms with E-state index >= 15 is 0 Å². The molecule has 1 fully saturated rings. The van der Waals surface area contributed by atoms with E-state index in [9.17, 15) is 0 Å². The average molecular weight is 246 g/mol. The predicted molar refractivity (Wildman–Crippen MR) is 79.0 cm³/mol. The lowest BCUT2D eigenvalue weighted by molar-refractivity contribution is 0.336. The molecule has 0 radical (unpaired) electrons. The number of nitrogens with one attached hydrogen (secondary N) is 1. The van der Waals surface area contributed by atoms with Gasteiger partial charge in [-0.3, -0.25) is 0 Å². The Bertz CT molecular complexity index is 375. The van der Waals surface area contributed by atoms with Gasteiger partial charge in [-0.15, -0.1) is 0 Å². The minimum Gasteiger partial charge on any atom is -0.371 e. The summed E-state index contributed by atoms with van der Waals surface area (Å²) in [5, 5.41) is 3.26. The highest BCUT2D eigenvalue weighted by Gasteiger charge is 2.23. The fourth-order valence-electron chi connectivity index (χ4n) is 3.15. The summed E-state index contributed by atoms with van der Waals surface area (Å²) in [4.78, 5) is 2.50. The van der Waals surface area contributed by atoms with E-state index in [2.05, 4.69) is 48.5 Å². The van der Waals surface area contributed by atoms with Crippen LogP contribution in [-0.4, -0.2) is 20.1 Å². The van der Waals surface area contributed by atoms with Crippen LogP contribution in [-0.2, 0) is 6.54 Å². The number of hydrogen-bond donors (Lipinski definition) is 1. The molecule has 2 nitrogen and oxygen atoms in total. The van der Waals surface area contributed by atoms with Crippen molar-refractivity contribution >= 4 is 5.69 Å². The van der Waals surface area contributed by atoms with Gasteiger partial charge in [0.15, 0.2) is 0 Å². The number of hydrogen-bond acceptors (Lipinski definition) is 2. The molecule has 1 N–H and O–H groups in total. The second-order valence-corrected chi connectivity index (χ2v) is 5.70. The van der Waals surface area contributed by atoms with E-state index < -0.39 is 0 Å². The van der Waals surface area contributed by atoms with Gasteiger partial charge in [-0.25, -0.2) is 0 Å². The smallest absolute Gasteiger partial charge is 0.0411 e. The Morgan fingerprint density at radius 1 is 1.28 bits per heavy atom. The molecule has 1 aromatic carbocycles. The van der Waals surface area contributed by atoms with Gasteiger partial charge >= 0.3 is 0 Å². The Morgan fingerprint density at radius 3 is 2.78 bits per heavy atom. The molecule has 0 bridgehead atoms. The molecule has 2 heteroatoms. The summed E-state index contributed by atoms with van der Waals surface area (Å²) in [7, 11) is 4.27. The molecular weight excluding hydrogens is 220 g/mol. The van der Waals surface area contributed by atoms with Gasteiger partial charge in [0.2, 0.25) is 0 Å². The summed E-state index contributed by atoms with van der Waals surface area (Å²) in [5.41, 5.74) is 2.80. The molecule has 1 aliphatic rings. The van der Waals surface area contributed by atoms with Crippen LogP contribution in [0.3, 0.4) is 0 Å². The van der Waals surface area contributed by atoms with E-state index in [0.717, 1.165) is 12.5 Å². The molecule has 0 saturated heterocycles. The summed E-state index contributed by atoms with van der Waals surface area (Å²) in [6.45, 7) is 3.34. The second kappa shape index (κ2) is 6.24. The van der Waals surface area contributed by atoms with Gasteiger partial charge in [0.05, 0.1) is 0 Å². The summed E-state index contributed by atoms with van der Waals surface area (Å²) in [6, 6.07) is 9.48. The van der Waals surface area contributed by atoms with Gasteiger partial charge in [0.25, 0.3) is 0 Å². The summed E-state index contributed by atoms with van der Waals surface area (Å²) >= 11 is 0. The molecule has 0 aromatic heterocycles. The van der Waals surface area contributed by atoms with Crippen LogP contribution in [0.4, 0.5) is 5.69 Å². The predicted octanol–water partition coefficient (Wildman–Crippen LogP) is 3.42. The largest absolute Gasteiger partial charge is 0.371 e. The summed E-state index contributed by atoms with van der Waals surface area (Å²) in [6.07, 6.45) is 5.46. The van der Waals surface area contributed by atoms with Crippen LogP contribution in [0.15, 0.2) is 24.3 Å². The van der Waals surface area contributed by atoms with Gasteiger partial charge in [0, 0.05) is 25.3 Å². The normalized spacial score (nSPS) is 23.9. The third-order valence-electron chi connectivity index (χ3n) is 4.20. The van der Waals surface area contributed by atoms with Gasteiger partial charge in [-0.05, 0) is 37.4 Å². The zero-order valence-electron chi connectivity index (χ0n) is 11.9. The lowest BCUT2D eigenvalue weighted by Crippen LogP contribution is -2.36. The molecule has 2 rings (SSSR count). The zero-order chi connectivity index (χ0) is 13.0. The van der Waals surface area contributed by atoms with Crippen LogP contribution in [0.1, 0.15) is 38.2 Å². The van der Waals surface area contributed by atoms with Crippen LogP contribution in [0.25, 0.3) is 0 Å². The van der Waals surface area contributed by atoms with Crippen LogP contribution >= 0.6 is 0 Å². The molecule has 1 aliphatic carbocycles. The Hall–Kier alpha value is -1.02. The molecule has 0 spiro atoms. The van der Waals surface area contributed by atoms with E-state index in [1.54, 1.807) is 0 Å². The molecule has 18 heavy (non-hydrogen) atoms. The van der Waals surface area contributed by atoms with E-state index in [-0.39, 0.29) is 0 Å². The van der Waals surface area contributed by atoms with Crippen molar-refractivity contribution in [2.45, 2.75) is 45.2 Å². The topological polar surface area (TPSA) is 15.3 Å². The monoisotopic (exact) mass is 246 g/mol. The molecule has 0 aliphatic heterocycles. The SMILES string of the molecule is CNCc1ccccc1N(C)C1CCCC(C)C1. The Morgan fingerprint density at radius 2 is 2.06 bits per heavy atom. The van der Waals surface area contributed by atoms with Crippen molar-refractivity contribution in [2.24, 2.45) is 5.92 Å². The molecule has 1 aromatic rings. The van der Waals surface area contributed by atoms with Gasteiger partial charge in [-0.1, -0.05) is 38.0 Å². The molecule has 0 heterocycles. The number of rotatable bonds is 4. The third-order valence-corrected chi connectivity index (χ3v) is 4.20. The molecular formula is C16H26N2. The second-order valence-electron chi connectivity index (χ2n) is 5.70. The Labute approximate surface area is 111 Å². The van der Waals surface area contributed by atoms with Gasteiger partial charge < -0.3 is 10.2 Å². The van der Waals surface area contributed by atoms with Crippen LogP contribution in [0.5, 0.6) is 0 Å². The third kappa shape index (κ3) is 3.05.